The average molecular weight is 502 g/mol. The van der Waals surface area contributed by atoms with E-state index in [0.717, 1.165) is 39.7 Å². The molecule has 0 aliphatic heterocycles. The van der Waals surface area contributed by atoms with Crippen molar-refractivity contribution in [2.75, 3.05) is 0 Å². The molecule has 0 bridgehead atoms. The first-order chi connectivity index (χ1) is 19.4. The van der Waals surface area contributed by atoms with E-state index >= 15 is 0 Å². The Labute approximate surface area is 224 Å². The van der Waals surface area contributed by atoms with Gasteiger partial charge in [-0.1, -0.05) is 91.0 Å². The smallest absolute Gasteiger partial charge is 0.241 e. The highest BCUT2D eigenvalue weighted by Gasteiger charge is 2.23. The molecule has 8 aromatic rings. The fraction of sp³-hybridized carbons (Fsp3) is 0. The third kappa shape index (κ3) is 3.27. The van der Waals surface area contributed by atoms with Crippen LogP contribution in [0.2, 0.25) is 0 Å². The quantitative estimate of drug-likeness (QED) is 0.245. The maximum Gasteiger partial charge on any atom is 0.241 e. The van der Waals surface area contributed by atoms with Crippen LogP contribution in [0.1, 0.15) is 0 Å². The van der Waals surface area contributed by atoms with Crippen LogP contribution in [-0.4, -0.2) is 23.9 Å². The highest BCUT2D eigenvalue weighted by Crippen LogP contribution is 2.38. The Balaban J connectivity index is 1.50. The van der Waals surface area contributed by atoms with E-state index in [-0.39, 0.29) is 0 Å². The molecule has 39 heavy (non-hydrogen) atoms. The van der Waals surface area contributed by atoms with Gasteiger partial charge < -0.3 is 4.57 Å². The highest BCUT2D eigenvalue weighted by molar-refractivity contribution is 6.20. The summed E-state index contributed by atoms with van der Waals surface area (Å²) < 4.78 is 6.69. The number of rotatable bonds is 4. The zero-order chi connectivity index (χ0) is 25.8. The highest BCUT2D eigenvalue weighted by atomic mass is 15.4. The van der Waals surface area contributed by atoms with E-state index in [1.165, 1.54) is 21.7 Å². The summed E-state index contributed by atoms with van der Waals surface area (Å²) in [6.07, 6.45) is 2.16. The Kier molecular flexibility index (Phi) is 4.76. The van der Waals surface area contributed by atoms with Crippen LogP contribution in [0.15, 0.2) is 140 Å². The summed E-state index contributed by atoms with van der Waals surface area (Å²) in [6.45, 7) is 0. The number of para-hydroxylation sites is 3. The molecule has 0 atom stereocenters. The van der Waals surface area contributed by atoms with Crippen molar-refractivity contribution >= 4 is 32.7 Å². The lowest BCUT2D eigenvalue weighted by molar-refractivity contribution is 0.933. The lowest BCUT2D eigenvalue weighted by Crippen LogP contribution is -2.06. The molecule has 0 aliphatic rings. The van der Waals surface area contributed by atoms with Gasteiger partial charge in [-0.25, -0.2) is 0 Å². The largest absolute Gasteiger partial charge is 0.316 e. The molecule has 5 nitrogen and oxygen atoms in total. The Morgan fingerprint density at radius 2 is 1.15 bits per heavy atom. The predicted octanol–water partition coefficient (Wildman–Crippen LogP) is 7.98. The van der Waals surface area contributed by atoms with Gasteiger partial charge in [0.05, 0.1) is 22.2 Å². The molecule has 0 N–H and O–H groups in total. The van der Waals surface area contributed by atoms with Gasteiger partial charge in [-0.05, 0) is 42.5 Å². The lowest BCUT2D eigenvalue weighted by Gasteiger charge is -2.13. The third-order valence-electron chi connectivity index (χ3n) is 7.41. The second-order valence-corrected chi connectivity index (χ2v) is 9.63. The zero-order valence-electron chi connectivity index (χ0n) is 21.0. The SMILES string of the molecule is c1ccc(-c2nnc(-n3c4ccccc4c4c5c(ccc43)ccn5-c3ccccc3)n2-c2ccccc2)cc1. The summed E-state index contributed by atoms with van der Waals surface area (Å²) in [4.78, 5) is 0. The van der Waals surface area contributed by atoms with Crippen LogP contribution in [0.4, 0.5) is 0 Å². The molecule has 0 aliphatic carbocycles. The van der Waals surface area contributed by atoms with Gasteiger partial charge in [0.2, 0.25) is 5.95 Å². The van der Waals surface area contributed by atoms with Crippen LogP contribution in [0.3, 0.4) is 0 Å². The number of nitrogens with zero attached hydrogens (tertiary/aromatic N) is 5. The Morgan fingerprint density at radius 1 is 0.487 bits per heavy atom. The molecule has 3 aromatic heterocycles. The number of hydrogen-bond acceptors (Lipinski definition) is 2. The topological polar surface area (TPSA) is 40.6 Å². The molecule has 184 valence electrons. The average Bonchev–Trinajstić information content (AvgIpc) is 3.72. The van der Waals surface area contributed by atoms with E-state index in [1.54, 1.807) is 0 Å². The molecular weight excluding hydrogens is 478 g/mol. The van der Waals surface area contributed by atoms with Crippen molar-refractivity contribution in [2.45, 2.75) is 0 Å². The molecule has 0 radical (unpaired) electrons. The molecule has 8 rings (SSSR count). The Morgan fingerprint density at radius 3 is 1.92 bits per heavy atom. The minimum atomic E-state index is 0.753. The Bertz CT molecular complexity index is 2100. The van der Waals surface area contributed by atoms with Gasteiger partial charge in [-0.3, -0.25) is 9.13 Å². The normalized spacial score (nSPS) is 11.6. The minimum Gasteiger partial charge on any atom is -0.316 e. The van der Waals surface area contributed by atoms with Gasteiger partial charge in [0.15, 0.2) is 5.82 Å². The maximum absolute atomic E-state index is 4.83. The maximum atomic E-state index is 4.83. The van der Waals surface area contributed by atoms with Crippen molar-refractivity contribution < 1.29 is 0 Å². The standard InChI is InChI=1S/C34H23N5/c1-4-12-25(13-5-1)33-35-36-34(38(33)27-16-8-3-9-17-27)39-29-19-11-10-18-28(29)31-30(39)21-20-24-22-23-37(32(24)31)26-14-6-2-7-15-26/h1-23H. The second kappa shape index (κ2) is 8.57. The van der Waals surface area contributed by atoms with Crippen molar-refractivity contribution in [2.24, 2.45) is 0 Å². The zero-order valence-corrected chi connectivity index (χ0v) is 21.0. The Hall–Kier alpha value is -5.42. The summed E-state index contributed by atoms with van der Waals surface area (Å²) in [6, 6.07) is 46.3. The minimum absolute atomic E-state index is 0.753. The molecule has 5 aromatic carbocycles. The number of fused-ring (bicyclic) bond motifs is 5. The summed E-state index contributed by atoms with van der Waals surface area (Å²) >= 11 is 0. The lowest BCUT2D eigenvalue weighted by atomic mass is 10.1. The predicted molar refractivity (Wildman–Crippen MR) is 158 cm³/mol. The molecule has 0 fully saturated rings. The molecular formula is C34H23N5. The van der Waals surface area contributed by atoms with Crippen LogP contribution in [0.5, 0.6) is 0 Å². The van der Waals surface area contributed by atoms with Gasteiger partial charge >= 0.3 is 0 Å². The van der Waals surface area contributed by atoms with Gasteiger partial charge in [0.25, 0.3) is 0 Å². The number of benzene rings is 5. The molecule has 0 unspecified atom stereocenters. The van der Waals surface area contributed by atoms with Crippen molar-refractivity contribution in [1.82, 2.24) is 23.9 Å². The van der Waals surface area contributed by atoms with Crippen molar-refractivity contribution in [3.8, 4) is 28.7 Å². The van der Waals surface area contributed by atoms with E-state index in [1.807, 2.05) is 24.3 Å². The van der Waals surface area contributed by atoms with Crippen molar-refractivity contribution in [3.05, 3.63) is 140 Å². The molecule has 3 heterocycles. The van der Waals surface area contributed by atoms with E-state index in [4.69, 9.17) is 10.2 Å². The fourth-order valence-electron chi connectivity index (χ4n) is 5.71. The molecule has 0 amide bonds. The van der Waals surface area contributed by atoms with Crippen LogP contribution in [-0.2, 0) is 0 Å². The summed E-state index contributed by atoms with van der Waals surface area (Å²) in [5.74, 6) is 1.56. The number of hydrogen-bond donors (Lipinski definition) is 0. The van der Waals surface area contributed by atoms with E-state index in [2.05, 4.69) is 129 Å². The molecule has 0 spiro atoms. The molecule has 0 saturated carbocycles. The summed E-state index contributed by atoms with van der Waals surface area (Å²) in [5, 5.41) is 13.1. The van der Waals surface area contributed by atoms with E-state index in [0.29, 0.717) is 0 Å². The summed E-state index contributed by atoms with van der Waals surface area (Å²) in [7, 11) is 0. The first kappa shape index (κ1) is 21.6. The number of aromatic nitrogens is 5. The van der Waals surface area contributed by atoms with Gasteiger partial charge in [-0.15, -0.1) is 10.2 Å². The molecule has 0 saturated heterocycles. The fourth-order valence-corrected chi connectivity index (χ4v) is 5.71. The van der Waals surface area contributed by atoms with Crippen molar-refractivity contribution in [1.29, 1.82) is 0 Å². The van der Waals surface area contributed by atoms with Crippen LogP contribution in [0.25, 0.3) is 61.4 Å². The van der Waals surface area contributed by atoms with Crippen LogP contribution < -0.4 is 0 Å². The van der Waals surface area contributed by atoms with Crippen LogP contribution >= 0.6 is 0 Å². The van der Waals surface area contributed by atoms with Gasteiger partial charge in [-0.2, -0.15) is 0 Å². The third-order valence-corrected chi connectivity index (χ3v) is 7.41. The van der Waals surface area contributed by atoms with E-state index < -0.39 is 0 Å². The van der Waals surface area contributed by atoms with Gasteiger partial charge in [0.1, 0.15) is 0 Å². The van der Waals surface area contributed by atoms with E-state index in [9.17, 15) is 0 Å². The second-order valence-electron chi connectivity index (χ2n) is 9.63. The van der Waals surface area contributed by atoms with Crippen molar-refractivity contribution in [3.63, 3.8) is 0 Å². The summed E-state index contributed by atoms with van der Waals surface area (Å²) in [5.41, 5.74) is 6.52. The first-order valence-corrected chi connectivity index (χ1v) is 13.0. The van der Waals surface area contributed by atoms with Crippen LogP contribution in [0, 0.1) is 0 Å². The molecule has 5 heteroatoms. The van der Waals surface area contributed by atoms with Gasteiger partial charge in [0, 0.05) is 33.6 Å². The monoisotopic (exact) mass is 501 g/mol. The first-order valence-electron chi connectivity index (χ1n) is 13.0.